The van der Waals surface area contributed by atoms with Crippen molar-refractivity contribution in [3.63, 3.8) is 0 Å². The van der Waals surface area contributed by atoms with Gasteiger partial charge < -0.3 is 9.64 Å². The van der Waals surface area contributed by atoms with Gasteiger partial charge >= 0.3 is 0 Å². The summed E-state index contributed by atoms with van der Waals surface area (Å²) in [7, 11) is 0. The van der Waals surface area contributed by atoms with Crippen LogP contribution in [0, 0.1) is 18.3 Å². The topological polar surface area (TPSA) is 45.7 Å². The summed E-state index contributed by atoms with van der Waals surface area (Å²) in [6.07, 6.45) is 3.43. The van der Waals surface area contributed by atoms with E-state index in [2.05, 4.69) is 22.2 Å². The smallest absolute Gasteiger partial charge is 0.226 e. The first-order valence-electron chi connectivity index (χ1n) is 8.66. The van der Waals surface area contributed by atoms with Crippen molar-refractivity contribution in [3.05, 3.63) is 16.1 Å². The predicted molar refractivity (Wildman–Crippen MR) is 89.3 cm³/mol. The van der Waals surface area contributed by atoms with Gasteiger partial charge in [0.2, 0.25) is 5.91 Å². The van der Waals surface area contributed by atoms with Crippen molar-refractivity contribution in [1.82, 2.24) is 14.8 Å². The lowest BCUT2D eigenvalue weighted by Gasteiger charge is -2.33. The van der Waals surface area contributed by atoms with Crippen molar-refractivity contribution in [2.24, 2.45) is 11.3 Å². The van der Waals surface area contributed by atoms with Crippen molar-refractivity contribution < 1.29 is 9.53 Å². The summed E-state index contributed by atoms with van der Waals surface area (Å²) < 4.78 is 5.35. The zero-order valence-corrected chi connectivity index (χ0v) is 14.6. The maximum atomic E-state index is 12.7. The molecule has 1 aromatic rings. The van der Waals surface area contributed by atoms with Crippen LogP contribution in [0.1, 0.15) is 30.0 Å². The fourth-order valence-electron chi connectivity index (χ4n) is 4.12. The average molecular weight is 335 g/mol. The van der Waals surface area contributed by atoms with E-state index in [4.69, 9.17) is 4.74 Å². The SMILES string of the molecule is Cc1nc(CN2CCC3(CC2)C[C@@H]3C(=O)N2CCOCC2)cs1. The second kappa shape index (κ2) is 6.15. The number of hydrogen-bond acceptors (Lipinski definition) is 5. The number of thiazole rings is 1. The van der Waals surface area contributed by atoms with Crippen LogP contribution in [0.15, 0.2) is 5.38 Å². The van der Waals surface area contributed by atoms with Crippen LogP contribution in [-0.4, -0.2) is 60.1 Å². The van der Waals surface area contributed by atoms with E-state index in [1.165, 1.54) is 5.69 Å². The number of carbonyl (C=O) groups is 1. The molecule has 1 aromatic heterocycles. The van der Waals surface area contributed by atoms with Crippen LogP contribution in [-0.2, 0) is 16.1 Å². The van der Waals surface area contributed by atoms with Gasteiger partial charge in [0.1, 0.15) is 0 Å². The van der Waals surface area contributed by atoms with Crippen molar-refractivity contribution in [3.8, 4) is 0 Å². The number of hydrogen-bond donors (Lipinski definition) is 0. The quantitative estimate of drug-likeness (QED) is 0.846. The van der Waals surface area contributed by atoms with Gasteiger partial charge in [-0.1, -0.05) is 0 Å². The molecule has 2 aliphatic heterocycles. The maximum Gasteiger partial charge on any atom is 0.226 e. The normalized spacial score (nSPS) is 27.3. The molecule has 3 heterocycles. The Balaban J connectivity index is 1.29. The third-order valence-electron chi connectivity index (χ3n) is 5.71. The number of carbonyl (C=O) groups excluding carboxylic acids is 1. The van der Waals surface area contributed by atoms with E-state index in [0.717, 1.165) is 57.0 Å². The number of amides is 1. The van der Waals surface area contributed by atoms with Gasteiger partial charge in [0.25, 0.3) is 0 Å². The number of aryl methyl sites for hydroxylation is 1. The van der Waals surface area contributed by atoms with Crippen molar-refractivity contribution in [1.29, 1.82) is 0 Å². The summed E-state index contributed by atoms with van der Waals surface area (Å²) in [5.74, 6) is 0.668. The van der Waals surface area contributed by atoms with Crippen LogP contribution >= 0.6 is 11.3 Å². The fraction of sp³-hybridized carbons (Fsp3) is 0.765. The minimum absolute atomic E-state index is 0.282. The summed E-state index contributed by atoms with van der Waals surface area (Å²) in [4.78, 5) is 21.7. The Hall–Kier alpha value is -0.980. The van der Waals surface area contributed by atoms with Crippen LogP contribution in [0.5, 0.6) is 0 Å². The van der Waals surface area contributed by atoms with Gasteiger partial charge in [-0.15, -0.1) is 11.3 Å². The van der Waals surface area contributed by atoms with Gasteiger partial charge in [-0.2, -0.15) is 0 Å². The first kappa shape index (κ1) is 15.5. The minimum Gasteiger partial charge on any atom is -0.378 e. The number of likely N-dealkylation sites (tertiary alicyclic amines) is 1. The molecule has 23 heavy (non-hydrogen) atoms. The molecule has 126 valence electrons. The summed E-state index contributed by atoms with van der Waals surface area (Å²) in [6.45, 7) is 8.18. The van der Waals surface area contributed by atoms with Gasteiger partial charge in [-0.3, -0.25) is 9.69 Å². The number of rotatable bonds is 3. The van der Waals surface area contributed by atoms with Crippen molar-refractivity contribution in [2.45, 2.75) is 32.7 Å². The lowest BCUT2D eigenvalue weighted by atomic mass is 9.90. The highest BCUT2D eigenvalue weighted by Gasteiger charge is 2.59. The summed E-state index contributed by atoms with van der Waals surface area (Å²) in [5.41, 5.74) is 1.50. The summed E-state index contributed by atoms with van der Waals surface area (Å²) in [5, 5.41) is 3.31. The minimum atomic E-state index is 0.282. The highest BCUT2D eigenvalue weighted by Crippen LogP contribution is 2.60. The molecule has 3 fully saturated rings. The summed E-state index contributed by atoms with van der Waals surface area (Å²) >= 11 is 1.73. The van der Waals surface area contributed by atoms with Gasteiger partial charge in [-0.05, 0) is 44.7 Å². The zero-order chi connectivity index (χ0) is 15.9. The Morgan fingerprint density at radius 2 is 2.09 bits per heavy atom. The monoisotopic (exact) mass is 335 g/mol. The molecule has 1 spiro atoms. The molecule has 1 atom stereocenters. The fourth-order valence-corrected chi connectivity index (χ4v) is 4.72. The molecule has 5 nitrogen and oxygen atoms in total. The average Bonchev–Trinajstić information content (AvgIpc) is 3.13. The van der Waals surface area contributed by atoms with Crippen LogP contribution < -0.4 is 0 Å². The van der Waals surface area contributed by atoms with Crippen molar-refractivity contribution in [2.75, 3.05) is 39.4 Å². The molecule has 1 aliphatic carbocycles. The molecule has 3 aliphatic rings. The van der Waals surface area contributed by atoms with Gasteiger partial charge in [-0.25, -0.2) is 4.98 Å². The highest BCUT2D eigenvalue weighted by molar-refractivity contribution is 7.09. The molecular formula is C17H25N3O2S. The molecule has 0 aromatic carbocycles. The highest BCUT2D eigenvalue weighted by atomic mass is 32.1. The van der Waals surface area contributed by atoms with Crippen LogP contribution in [0.25, 0.3) is 0 Å². The Morgan fingerprint density at radius 1 is 1.35 bits per heavy atom. The number of piperidine rings is 1. The standard InChI is InChI=1S/C17H25N3O2S/c1-13-18-14(12-23-13)11-19-4-2-17(3-5-19)10-15(17)16(21)20-6-8-22-9-7-20/h12,15H,2-11H2,1H3/t15-/m1/s1. The second-order valence-corrected chi connectivity index (χ2v) is 8.25. The largest absolute Gasteiger partial charge is 0.378 e. The van der Waals surface area contributed by atoms with E-state index in [-0.39, 0.29) is 5.92 Å². The van der Waals surface area contributed by atoms with Crippen LogP contribution in [0.4, 0.5) is 0 Å². The van der Waals surface area contributed by atoms with E-state index in [9.17, 15) is 4.79 Å². The lowest BCUT2D eigenvalue weighted by Crippen LogP contribution is -2.43. The molecule has 0 radical (unpaired) electrons. The van der Waals surface area contributed by atoms with Crippen molar-refractivity contribution >= 4 is 17.2 Å². The number of aromatic nitrogens is 1. The second-order valence-electron chi connectivity index (χ2n) is 7.19. The lowest BCUT2D eigenvalue weighted by molar-refractivity contribution is -0.137. The Morgan fingerprint density at radius 3 is 2.74 bits per heavy atom. The molecule has 0 bridgehead atoms. The van der Waals surface area contributed by atoms with E-state index in [1.807, 2.05) is 4.90 Å². The number of morpholine rings is 1. The molecule has 0 unspecified atom stereocenters. The van der Waals surface area contributed by atoms with E-state index in [0.29, 0.717) is 24.5 Å². The van der Waals surface area contributed by atoms with Gasteiger partial charge in [0, 0.05) is 30.9 Å². The van der Waals surface area contributed by atoms with E-state index in [1.54, 1.807) is 11.3 Å². The molecule has 4 rings (SSSR count). The van der Waals surface area contributed by atoms with Gasteiger partial charge in [0.15, 0.2) is 0 Å². The van der Waals surface area contributed by atoms with Crippen LogP contribution in [0.3, 0.4) is 0 Å². The Kier molecular flexibility index (Phi) is 4.15. The zero-order valence-electron chi connectivity index (χ0n) is 13.8. The number of nitrogens with zero attached hydrogens (tertiary/aromatic N) is 3. The third kappa shape index (κ3) is 3.16. The molecular weight excluding hydrogens is 310 g/mol. The molecule has 1 amide bonds. The third-order valence-corrected chi connectivity index (χ3v) is 6.54. The Labute approximate surface area is 141 Å². The molecule has 2 saturated heterocycles. The van der Waals surface area contributed by atoms with Gasteiger partial charge in [0.05, 0.1) is 23.9 Å². The first-order valence-corrected chi connectivity index (χ1v) is 9.54. The first-order chi connectivity index (χ1) is 11.2. The maximum absolute atomic E-state index is 12.7. The predicted octanol–water partition coefficient (Wildman–Crippen LogP) is 1.91. The molecule has 6 heteroatoms. The molecule has 0 N–H and O–H groups in total. The van der Waals surface area contributed by atoms with E-state index >= 15 is 0 Å². The van der Waals surface area contributed by atoms with E-state index < -0.39 is 0 Å². The van der Waals surface area contributed by atoms with Crippen LogP contribution in [0.2, 0.25) is 0 Å². The Bertz CT molecular complexity index is 574. The number of ether oxygens (including phenoxy) is 1. The summed E-state index contributed by atoms with van der Waals surface area (Å²) in [6, 6.07) is 0. The molecule has 1 saturated carbocycles.